The Kier molecular flexibility index (Phi) is 4.00. The zero-order chi connectivity index (χ0) is 13.3. The first-order valence-corrected chi connectivity index (χ1v) is 7.48. The van der Waals surface area contributed by atoms with Gasteiger partial charge in [-0.15, -0.1) is 0 Å². The van der Waals surface area contributed by atoms with Crippen LogP contribution in [-0.4, -0.2) is 29.9 Å². The molecule has 2 fully saturated rings. The maximum Gasteiger partial charge on any atom is 0.230 e. The fourth-order valence-corrected chi connectivity index (χ4v) is 3.66. The molecule has 0 radical (unpaired) electrons. The van der Waals surface area contributed by atoms with Crippen molar-refractivity contribution in [2.75, 3.05) is 7.05 Å². The molecule has 2 aliphatic carbocycles. The summed E-state index contributed by atoms with van der Waals surface area (Å²) >= 11 is 0. The molecule has 2 unspecified atom stereocenters. The molecule has 18 heavy (non-hydrogen) atoms. The molecule has 0 aromatic heterocycles. The van der Waals surface area contributed by atoms with E-state index in [-0.39, 0.29) is 17.4 Å². The van der Waals surface area contributed by atoms with Crippen molar-refractivity contribution in [2.45, 2.75) is 70.9 Å². The second-order valence-corrected chi connectivity index (χ2v) is 6.75. The highest BCUT2D eigenvalue weighted by atomic mass is 16.2. The third-order valence-electron chi connectivity index (χ3n) is 5.37. The van der Waals surface area contributed by atoms with Crippen molar-refractivity contribution >= 4 is 5.91 Å². The third kappa shape index (κ3) is 2.42. The van der Waals surface area contributed by atoms with Gasteiger partial charge in [0.15, 0.2) is 0 Å². The average molecular weight is 252 g/mol. The summed E-state index contributed by atoms with van der Waals surface area (Å²) < 4.78 is 0. The van der Waals surface area contributed by atoms with Crippen LogP contribution in [0.2, 0.25) is 0 Å². The largest absolute Gasteiger partial charge is 0.342 e. The second kappa shape index (κ2) is 5.20. The van der Waals surface area contributed by atoms with Crippen LogP contribution in [0.1, 0.15) is 58.8 Å². The van der Waals surface area contributed by atoms with E-state index in [1.807, 2.05) is 11.9 Å². The number of nitrogens with zero attached hydrogens (tertiary/aromatic N) is 1. The zero-order valence-corrected chi connectivity index (χ0v) is 12.1. The quantitative estimate of drug-likeness (QED) is 0.821. The Morgan fingerprint density at radius 3 is 2.33 bits per heavy atom. The summed E-state index contributed by atoms with van der Waals surface area (Å²) in [4.78, 5) is 14.7. The molecule has 0 bridgehead atoms. The molecule has 2 rings (SSSR count). The monoisotopic (exact) mass is 252 g/mol. The fourth-order valence-electron chi connectivity index (χ4n) is 3.66. The standard InChI is InChI=1S/C15H28N2O/c1-11-6-8-12(9-7-11)17(3)14(18)15(2)10-4-5-13(15)16/h11-13H,4-10,16H2,1-3H3. The Balaban J connectivity index is 2.00. The highest BCUT2D eigenvalue weighted by molar-refractivity contribution is 5.83. The first-order chi connectivity index (χ1) is 8.45. The van der Waals surface area contributed by atoms with Gasteiger partial charge in [-0.1, -0.05) is 13.3 Å². The highest BCUT2D eigenvalue weighted by Crippen LogP contribution is 2.39. The Labute approximate surface area is 111 Å². The van der Waals surface area contributed by atoms with E-state index >= 15 is 0 Å². The minimum Gasteiger partial charge on any atom is -0.342 e. The molecular weight excluding hydrogens is 224 g/mol. The van der Waals surface area contributed by atoms with E-state index in [1.165, 1.54) is 12.8 Å². The summed E-state index contributed by atoms with van der Waals surface area (Å²) in [5.74, 6) is 1.11. The summed E-state index contributed by atoms with van der Waals surface area (Å²) in [7, 11) is 1.99. The van der Waals surface area contributed by atoms with Crippen LogP contribution in [0.15, 0.2) is 0 Å². The molecule has 0 aliphatic heterocycles. The van der Waals surface area contributed by atoms with Gasteiger partial charge in [0.2, 0.25) is 5.91 Å². The fraction of sp³-hybridized carbons (Fsp3) is 0.933. The van der Waals surface area contributed by atoms with Crippen LogP contribution in [-0.2, 0) is 4.79 Å². The predicted molar refractivity (Wildman–Crippen MR) is 74.1 cm³/mol. The van der Waals surface area contributed by atoms with Crippen LogP contribution in [0.25, 0.3) is 0 Å². The molecule has 0 aromatic carbocycles. The molecule has 3 nitrogen and oxygen atoms in total. The van der Waals surface area contributed by atoms with Crippen LogP contribution < -0.4 is 5.73 Å². The van der Waals surface area contributed by atoms with Crippen molar-refractivity contribution in [3.05, 3.63) is 0 Å². The summed E-state index contributed by atoms with van der Waals surface area (Å²) in [6.07, 6.45) is 7.89. The molecule has 1 amide bonds. The van der Waals surface area contributed by atoms with Crippen molar-refractivity contribution in [1.29, 1.82) is 0 Å². The number of carbonyl (C=O) groups is 1. The molecule has 2 N–H and O–H groups in total. The van der Waals surface area contributed by atoms with Gasteiger partial charge < -0.3 is 10.6 Å². The molecule has 104 valence electrons. The van der Waals surface area contributed by atoms with E-state index in [4.69, 9.17) is 5.73 Å². The van der Waals surface area contributed by atoms with Gasteiger partial charge >= 0.3 is 0 Å². The maximum absolute atomic E-state index is 12.7. The Morgan fingerprint density at radius 2 is 1.83 bits per heavy atom. The number of rotatable bonds is 2. The van der Waals surface area contributed by atoms with Gasteiger partial charge in [-0.2, -0.15) is 0 Å². The van der Waals surface area contributed by atoms with Crippen molar-refractivity contribution in [3.8, 4) is 0 Å². The lowest BCUT2D eigenvalue weighted by Crippen LogP contribution is -2.51. The lowest BCUT2D eigenvalue weighted by molar-refractivity contribution is -0.143. The van der Waals surface area contributed by atoms with Crippen molar-refractivity contribution in [1.82, 2.24) is 4.90 Å². The Hall–Kier alpha value is -0.570. The van der Waals surface area contributed by atoms with Crippen molar-refractivity contribution < 1.29 is 4.79 Å². The van der Waals surface area contributed by atoms with Crippen molar-refractivity contribution in [2.24, 2.45) is 17.1 Å². The minimum atomic E-state index is -0.308. The van der Waals surface area contributed by atoms with E-state index in [1.54, 1.807) is 0 Å². The average Bonchev–Trinajstić information content (AvgIpc) is 2.70. The molecule has 2 atom stereocenters. The SMILES string of the molecule is CC1CCC(N(C)C(=O)C2(C)CCCC2N)CC1. The van der Waals surface area contributed by atoms with Gasteiger partial charge in [0.05, 0.1) is 5.41 Å². The van der Waals surface area contributed by atoms with Crippen LogP contribution >= 0.6 is 0 Å². The smallest absolute Gasteiger partial charge is 0.230 e. The van der Waals surface area contributed by atoms with Gasteiger partial charge in [-0.05, 0) is 51.4 Å². The molecule has 2 aliphatic rings. The maximum atomic E-state index is 12.7. The van der Waals surface area contributed by atoms with Crippen molar-refractivity contribution in [3.63, 3.8) is 0 Å². The minimum absolute atomic E-state index is 0.0509. The lowest BCUT2D eigenvalue weighted by atomic mass is 9.81. The van der Waals surface area contributed by atoms with Crippen LogP contribution in [0.4, 0.5) is 0 Å². The van der Waals surface area contributed by atoms with Crippen LogP contribution in [0, 0.1) is 11.3 Å². The number of hydrogen-bond acceptors (Lipinski definition) is 2. The van der Waals surface area contributed by atoms with E-state index in [9.17, 15) is 4.79 Å². The third-order valence-corrected chi connectivity index (χ3v) is 5.37. The molecule has 3 heteroatoms. The highest BCUT2D eigenvalue weighted by Gasteiger charge is 2.45. The topological polar surface area (TPSA) is 46.3 Å². The summed E-state index contributed by atoms with van der Waals surface area (Å²) in [5, 5.41) is 0. The van der Waals surface area contributed by atoms with Crippen LogP contribution in [0.3, 0.4) is 0 Å². The van der Waals surface area contributed by atoms with Crippen LogP contribution in [0.5, 0.6) is 0 Å². The van der Waals surface area contributed by atoms with Gasteiger partial charge in [-0.25, -0.2) is 0 Å². The summed E-state index contributed by atoms with van der Waals surface area (Å²) in [6, 6.07) is 0.494. The molecule has 2 saturated carbocycles. The van der Waals surface area contributed by atoms with Gasteiger partial charge in [0, 0.05) is 19.1 Å². The van der Waals surface area contributed by atoms with Gasteiger partial charge in [0.25, 0.3) is 0 Å². The molecule has 0 spiro atoms. The first-order valence-electron chi connectivity index (χ1n) is 7.48. The van der Waals surface area contributed by atoms with E-state index < -0.39 is 0 Å². The Bertz CT molecular complexity index is 310. The summed E-state index contributed by atoms with van der Waals surface area (Å²) in [6.45, 7) is 4.38. The normalized spacial score (nSPS) is 40.8. The van der Waals surface area contributed by atoms with E-state index in [0.717, 1.165) is 38.0 Å². The molecule has 0 aromatic rings. The van der Waals surface area contributed by atoms with E-state index in [2.05, 4.69) is 13.8 Å². The van der Waals surface area contributed by atoms with Gasteiger partial charge in [0.1, 0.15) is 0 Å². The Morgan fingerprint density at radius 1 is 1.22 bits per heavy atom. The molecule has 0 saturated heterocycles. The summed E-state index contributed by atoms with van der Waals surface area (Å²) in [5.41, 5.74) is 5.85. The zero-order valence-electron chi connectivity index (χ0n) is 12.1. The first kappa shape index (κ1) is 13.9. The number of hydrogen-bond donors (Lipinski definition) is 1. The number of amides is 1. The molecular formula is C15H28N2O. The van der Waals surface area contributed by atoms with Gasteiger partial charge in [-0.3, -0.25) is 4.79 Å². The second-order valence-electron chi connectivity index (χ2n) is 6.75. The number of nitrogens with two attached hydrogens (primary N) is 1. The van der Waals surface area contributed by atoms with E-state index in [0.29, 0.717) is 6.04 Å². The lowest BCUT2D eigenvalue weighted by Gasteiger charge is -2.39. The predicted octanol–water partition coefficient (Wildman–Crippen LogP) is 2.54. The number of carbonyl (C=O) groups excluding carboxylic acids is 1. The molecule has 0 heterocycles.